The van der Waals surface area contributed by atoms with Crippen molar-refractivity contribution in [3.8, 4) is 11.5 Å². The molecule has 0 bridgehead atoms. The van der Waals surface area contributed by atoms with Gasteiger partial charge in [0.15, 0.2) is 0 Å². The average Bonchev–Trinajstić information content (AvgIpc) is 2.87. The smallest absolute Gasteiger partial charge is 0.297 e. The molecule has 0 saturated heterocycles. The third-order valence-corrected chi connectivity index (χ3v) is 7.19. The van der Waals surface area contributed by atoms with Crippen molar-refractivity contribution in [3.63, 3.8) is 0 Å². The number of hydrogen-bond donors (Lipinski definition) is 0. The summed E-state index contributed by atoms with van der Waals surface area (Å²) in [6.07, 6.45) is 0.676. The Labute approximate surface area is 221 Å². The maximum Gasteiger partial charge on any atom is 0.297 e. The quantitative estimate of drug-likeness (QED) is 0.182. The van der Waals surface area contributed by atoms with E-state index in [4.69, 9.17) is 23.1 Å². The van der Waals surface area contributed by atoms with Crippen LogP contribution < -0.4 is 9.47 Å². The standard InChI is InChI=1S/C27H31BrO7S/c1-21-10-12-24(13-11-21)36(29,30)35-19-17-33-15-14-32-16-18-34-27-23(7-5-8-25(27)28)20-22-6-3-4-9-26(22)31-2/h3-13H,14-20H2,1-2H3. The van der Waals surface area contributed by atoms with Crippen LogP contribution in [0.25, 0.3) is 0 Å². The number of methoxy groups -OCH3 is 1. The van der Waals surface area contributed by atoms with Gasteiger partial charge in [0, 0.05) is 6.42 Å². The lowest BCUT2D eigenvalue weighted by Crippen LogP contribution is -2.15. The third-order valence-electron chi connectivity index (χ3n) is 5.24. The van der Waals surface area contributed by atoms with Gasteiger partial charge < -0.3 is 18.9 Å². The lowest BCUT2D eigenvalue weighted by Gasteiger charge is -2.15. The van der Waals surface area contributed by atoms with Gasteiger partial charge in [-0.1, -0.05) is 48.0 Å². The van der Waals surface area contributed by atoms with Crippen LogP contribution in [0.2, 0.25) is 0 Å². The van der Waals surface area contributed by atoms with Crippen LogP contribution in [0.3, 0.4) is 0 Å². The molecule has 0 aromatic heterocycles. The van der Waals surface area contributed by atoms with Gasteiger partial charge in [0.1, 0.15) is 18.1 Å². The van der Waals surface area contributed by atoms with Crippen LogP contribution in [0.4, 0.5) is 0 Å². The highest BCUT2D eigenvalue weighted by Crippen LogP contribution is 2.32. The summed E-state index contributed by atoms with van der Waals surface area (Å²) in [6.45, 7) is 3.42. The molecule has 0 N–H and O–H groups in total. The van der Waals surface area contributed by atoms with Crippen LogP contribution >= 0.6 is 15.9 Å². The van der Waals surface area contributed by atoms with E-state index < -0.39 is 10.1 Å². The minimum absolute atomic E-state index is 0.0592. The van der Waals surface area contributed by atoms with Gasteiger partial charge in [-0.2, -0.15) is 8.42 Å². The highest BCUT2D eigenvalue weighted by Gasteiger charge is 2.14. The Hall–Kier alpha value is -2.43. The molecule has 0 radical (unpaired) electrons. The number of hydrogen-bond acceptors (Lipinski definition) is 7. The van der Waals surface area contributed by atoms with Crippen LogP contribution in [0.5, 0.6) is 11.5 Å². The fourth-order valence-corrected chi connectivity index (χ4v) is 4.82. The van der Waals surface area contributed by atoms with Gasteiger partial charge in [0.2, 0.25) is 0 Å². The Bertz CT molecular complexity index is 1200. The van der Waals surface area contributed by atoms with E-state index in [9.17, 15) is 8.42 Å². The van der Waals surface area contributed by atoms with Crippen molar-refractivity contribution >= 4 is 26.0 Å². The molecule has 9 heteroatoms. The van der Waals surface area contributed by atoms with E-state index in [1.54, 1.807) is 19.2 Å². The Kier molecular flexibility index (Phi) is 11.2. The van der Waals surface area contributed by atoms with Gasteiger partial charge in [-0.3, -0.25) is 4.18 Å². The van der Waals surface area contributed by atoms with Gasteiger partial charge >= 0.3 is 0 Å². The summed E-state index contributed by atoms with van der Waals surface area (Å²) in [6, 6.07) is 20.4. The lowest BCUT2D eigenvalue weighted by atomic mass is 10.0. The molecule has 0 fully saturated rings. The highest BCUT2D eigenvalue weighted by atomic mass is 79.9. The van der Waals surface area contributed by atoms with Crippen molar-refractivity contribution in [2.24, 2.45) is 0 Å². The SMILES string of the molecule is COc1ccccc1Cc1cccc(Br)c1OCCOCCOCCOS(=O)(=O)c1ccc(C)cc1. The number of aryl methyl sites for hydroxylation is 1. The van der Waals surface area contributed by atoms with Crippen LogP contribution in [0, 0.1) is 6.92 Å². The van der Waals surface area contributed by atoms with Crippen molar-refractivity contribution in [1.29, 1.82) is 0 Å². The van der Waals surface area contributed by atoms with Crippen LogP contribution in [0.15, 0.2) is 76.1 Å². The average molecular weight is 580 g/mol. The summed E-state index contributed by atoms with van der Waals surface area (Å²) < 4.78 is 52.6. The first-order chi connectivity index (χ1) is 17.4. The van der Waals surface area contributed by atoms with Crippen molar-refractivity contribution in [2.45, 2.75) is 18.2 Å². The van der Waals surface area contributed by atoms with E-state index in [1.807, 2.05) is 49.4 Å². The number of benzene rings is 3. The van der Waals surface area contributed by atoms with Gasteiger partial charge in [-0.05, 0) is 58.2 Å². The Morgan fingerprint density at radius 1 is 0.750 bits per heavy atom. The zero-order valence-electron chi connectivity index (χ0n) is 20.4. The highest BCUT2D eigenvalue weighted by molar-refractivity contribution is 9.10. The molecule has 0 aliphatic carbocycles. The molecular formula is C27H31BrO7S. The Morgan fingerprint density at radius 2 is 1.39 bits per heavy atom. The van der Waals surface area contributed by atoms with Crippen molar-refractivity contribution in [3.05, 3.63) is 87.9 Å². The first kappa shape index (κ1) is 28.1. The zero-order valence-corrected chi connectivity index (χ0v) is 22.8. The van der Waals surface area contributed by atoms with Crippen molar-refractivity contribution in [2.75, 3.05) is 46.8 Å². The largest absolute Gasteiger partial charge is 0.496 e. The summed E-state index contributed by atoms with van der Waals surface area (Å²) >= 11 is 3.57. The monoisotopic (exact) mass is 578 g/mol. The maximum atomic E-state index is 12.1. The molecule has 0 atom stereocenters. The first-order valence-electron chi connectivity index (χ1n) is 11.5. The third kappa shape index (κ3) is 8.60. The number of rotatable bonds is 15. The van der Waals surface area contributed by atoms with Crippen LogP contribution in [-0.4, -0.2) is 55.2 Å². The predicted molar refractivity (Wildman–Crippen MR) is 141 cm³/mol. The second kappa shape index (κ2) is 14.3. The molecule has 3 rings (SSSR count). The summed E-state index contributed by atoms with van der Waals surface area (Å²) in [4.78, 5) is 0.132. The van der Waals surface area contributed by atoms with Crippen molar-refractivity contribution in [1.82, 2.24) is 0 Å². The van der Waals surface area contributed by atoms with E-state index in [0.29, 0.717) is 32.8 Å². The molecule has 0 aliphatic rings. The predicted octanol–water partition coefficient (Wildman–Crippen LogP) is 5.17. The molecule has 0 heterocycles. The molecule has 0 aliphatic heterocycles. The molecule has 0 unspecified atom stereocenters. The topological polar surface area (TPSA) is 80.3 Å². The minimum Gasteiger partial charge on any atom is -0.496 e. The Balaban J connectivity index is 1.33. The molecule has 194 valence electrons. The first-order valence-corrected chi connectivity index (χ1v) is 13.7. The van der Waals surface area contributed by atoms with E-state index in [2.05, 4.69) is 15.9 Å². The minimum atomic E-state index is -3.78. The Morgan fingerprint density at radius 3 is 2.11 bits per heavy atom. The van der Waals surface area contributed by atoms with Gasteiger partial charge in [-0.25, -0.2) is 0 Å². The van der Waals surface area contributed by atoms with Gasteiger partial charge in [0.25, 0.3) is 10.1 Å². The second-order valence-electron chi connectivity index (χ2n) is 7.88. The summed E-state index contributed by atoms with van der Waals surface area (Å²) in [5, 5.41) is 0. The molecule has 3 aromatic rings. The van der Waals surface area contributed by atoms with E-state index >= 15 is 0 Å². The molecular weight excluding hydrogens is 548 g/mol. The molecule has 3 aromatic carbocycles. The van der Waals surface area contributed by atoms with Crippen LogP contribution in [-0.2, 0) is 30.2 Å². The molecule has 0 spiro atoms. The van der Waals surface area contributed by atoms with E-state index in [1.165, 1.54) is 12.1 Å². The maximum absolute atomic E-state index is 12.1. The number of ether oxygens (including phenoxy) is 4. The van der Waals surface area contributed by atoms with E-state index in [-0.39, 0.29) is 18.1 Å². The normalized spacial score (nSPS) is 11.4. The summed E-state index contributed by atoms with van der Waals surface area (Å²) in [5.41, 5.74) is 3.09. The fraction of sp³-hybridized carbons (Fsp3) is 0.333. The number of para-hydroxylation sites is 2. The molecule has 0 amide bonds. The lowest BCUT2D eigenvalue weighted by molar-refractivity contribution is 0.0278. The molecule has 36 heavy (non-hydrogen) atoms. The van der Waals surface area contributed by atoms with E-state index in [0.717, 1.165) is 32.7 Å². The van der Waals surface area contributed by atoms with Crippen molar-refractivity contribution < 1.29 is 31.5 Å². The summed E-state index contributed by atoms with van der Waals surface area (Å²) in [7, 11) is -2.11. The zero-order chi connectivity index (χ0) is 25.8. The van der Waals surface area contributed by atoms with Gasteiger partial charge in [0.05, 0.1) is 49.5 Å². The fourth-order valence-electron chi connectivity index (χ4n) is 3.41. The second-order valence-corrected chi connectivity index (χ2v) is 10.3. The molecule has 7 nitrogen and oxygen atoms in total. The molecule has 0 saturated carbocycles. The number of halogens is 1. The van der Waals surface area contributed by atoms with Gasteiger partial charge in [-0.15, -0.1) is 0 Å². The van der Waals surface area contributed by atoms with Crippen LogP contribution in [0.1, 0.15) is 16.7 Å². The summed E-state index contributed by atoms with van der Waals surface area (Å²) in [5.74, 6) is 1.61.